The molecular formula is C20H26F3N3O2. The summed E-state index contributed by atoms with van der Waals surface area (Å²) in [7, 11) is 1.52. The van der Waals surface area contributed by atoms with Crippen molar-refractivity contribution >= 4 is 11.5 Å². The van der Waals surface area contributed by atoms with Gasteiger partial charge in [0.15, 0.2) is 5.82 Å². The molecule has 1 aromatic carbocycles. The molecule has 0 aliphatic carbocycles. The first-order chi connectivity index (χ1) is 13.1. The van der Waals surface area contributed by atoms with Gasteiger partial charge in [-0.2, -0.15) is 18.2 Å². The van der Waals surface area contributed by atoms with Crippen LogP contribution in [-0.2, 0) is 6.18 Å². The minimum atomic E-state index is -4.58. The van der Waals surface area contributed by atoms with Crippen molar-refractivity contribution < 1.29 is 22.6 Å². The second kappa shape index (κ2) is 9.12. The minimum Gasteiger partial charge on any atom is -0.493 e. The highest BCUT2D eigenvalue weighted by Gasteiger charge is 2.36. The number of hydrogen-bond acceptors (Lipinski definition) is 5. The first kappa shape index (κ1) is 21.8. The number of anilines is 2. The summed E-state index contributed by atoms with van der Waals surface area (Å²) in [6.07, 6.45) is -3.82. The molecule has 0 spiro atoms. The third kappa shape index (κ3) is 6.00. The maximum atomic E-state index is 13.4. The maximum absolute atomic E-state index is 13.4. The van der Waals surface area contributed by atoms with Crippen LogP contribution < -0.4 is 14.4 Å². The quantitative estimate of drug-likeness (QED) is 0.602. The van der Waals surface area contributed by atoms with Gasteiger partial charge in [0, 0.05) is 18.9 Å². The van der Waals surface area contributed by atoms with E-state index in [2.05, 4.69) is 9.97 Å². The van der Waals surface area contributed by atoms with Crippen LogP contribution >= 0.6 is 0 Å². The van der Waals surface area contributed by atoms with E-state index >= 15 is 0 Å². The van der Waals surface area contributed by atoms with Gasteiger partial charge >= 0.3 is 12.2 Å². The van der Waals surface area contributed by atoms with Gasteiger partial charge < -0.3 is 14.4 Å². The highest BCUT2D eigenvalue weighted by molar-refractivity contribution is 5.63. The van der Waals surface area contributed by atoms with E-state index in [0.717, 1.165) is 6.20 Å². The summed E-state index contributed by atoms with van der Waals surface area (Å²) >= 11 is 0. The van der Waals surface area contributed by atoms with Crippen molar-refractivity contribution in [2.45, 2.75) is 33.9 Å². The van der Waals surface area contributed by atoms with E-state index in [4.69, 9.17) is 9.47 Å². The highest BCUT2D eigenvalue weighted by atomic mass is 19.4. The molecular weight excluding hydrogens is 371 g/mol. The first-order valence-electron chi connectivity index (χ1n) is 9.11. The maximum Gasteiger partial charge on any atom is 0.421 e. The lowest BCUT2D eigenvalue weighted by Gasteiger charge is -2.23. The van der Waals surface area contributed by atoms with Gasteiger partial charge in [-0.25, -0.2) is 4.98 Å². The smallest absolute Gasteiger partial charge is 0.421 e. The van der Waals surface area contributed by atoms with E-state index in [1.807, 2.05) is 27.7 Å². The van der Waals surface area contributed by atoms with Gasteiger partial charge in [-0.3, -0.25) is 0 Å². The Morgan fingerprint density at radius 2 is 1.54 bits per heavy atom. The zero-order chi connectivity index (χ0) is 20.9. The second-order valence-corrected chi connectivity index (χ2v) is 7.35. The highest BCUT2D eigenvalue weighted by Crippen LogP contribution is 2.38. The SMILES string of the molecule is CC(C)COc1ccc(N(C)c2nc(OCC(C)C)ncc2C(F)(F)F)cc1. The fraction of sp³-hybridized carbons (Fsp3) is 0.500. The van der Waals surface area contributed by atoms with Gasteiger partial charge in [0.05, 0.1) is 13.2 Å². The molecule has 0 radical (unpaired) electrons. The van der Waals surface area contributed by atoms with E-state index in [-0.39, 0.29) is 17.7 Å². The molecule has 0 unspecified atom stereocenters. The number of halogens is 3. The van der Waals surface area contributed by atoms with Crippen LogP contribution in [0.5, 0.6) is 11.8 Å². The van der Waals surface area contributed by atoms with Gasteiger partial charge in [-0.15, -0.1) is 0 Å². The first-order valence-corrected chi connectivity index (χ1v) is 9.11. The standard InChI is InChI=1S/C20H26F3N3O2/c1-13(2)11-27-16-8-6-15(7-9-16)26(5)18-17(20(21,22)23)10-24-19(25-18)28-12-14(3)4/h6-10,13-14H,11-12H2,1-5H3. The van der Waals surface area contributed by atoms with Crippen LogP contribution in [0.4, 0.5) is 24.7 Å². The molecule has 0 atom stereocenters. The Labute approximate surface area is 163 Å². The zero-order valence-electron chi connectivity index (χ0n) is 16.7. The Hall–Kier alpha value is -2.51. The van der Waals surface area contributed by atoms with Crippen molar-refractivity contribution in [3.8, 4) is 11.8 Å². The fourth-order valence-corrected chi connectivity index (χ4v) is 2.27. The molecule has 0 bridgehead atoms. The van der Waals surface area contributed by atoms with Gasteiger partial charge in [0.1, 0.15) is 11.3 Å². The number of ether oxygens (including phenoxy) is 2. The van der Waals surface area contributed by atoms with Crippen LogP contribution in [0.25, 0.3) is 0 Å². The number of hydrogen-bond donors (Lipinski definition) is 0. The molecule has 1 aromatic heterocycles. The molecule has 0 amide bonds. The fourth-order valence-electron chi connectivity index (χ4n) is 2.27. The third-order valence-corrected chi connectivity index (χ3v) is 3.72. The average molecular weight is 397 g/mol. The molecule has 0 aliphatic rings. The number of nitrogens with zero attached hydrogens (tertiary/aromatic N) is 3. The third-order valence-electron chi connectivity index (χ3n) is 3.72. The zero-order valence-corrected chi connectivity index (χ0v) is 16.7. The molecule has 5 nitrogen and oxygen atoms in total. The van der Waals surface area contributed by atoms with Crippen molar-refractivity contribution in [2.75, 3.05) is 25.2 Å². The number of alkyl halides is 3. The average Bonchev–Trinajstić information content (AvgIpc) is 2.63. The van der Waals surface area contributed by atoms with Crippen LogP contribution in [-0.4, -0.2) is 30.2 Å². The molecule has 0 N–H and O–H groups in total. The summed E-state index contributed by atoms with van der Waals surface area (Å²) in [5.74, 6) is 0.968. The van der Waals surface area contributed by atoms with E-state index in [0.29, 0.717) is 30.6 Å². The Morgan fingerprint density at radius 3 is 2.07 bits per heavy atom. The lowest BCUT2D eigenvalue weighted by atomic mass is 10.2. The van der Waals surface area contributed by atoms with Crippen molar-refractivity contribution in [1.82, 2.24) is 9.97 Å². The van der Waals surface area contributed by atoms with E-state index < -0.39 is 11.7 Å². The molecule has 1 heterocycles. The predicted octanol–water partition coefficient (Wildman–Crippen LogP) is 5.33. The number of rotatable bonds is 8. The van der Waals surface area contributed by atoms with Crippen molar-refractivity contribution in [2.24, 2.45) is 11.8 Å². The molecule has 2 aromatic rings. The molecule has 2 rings (SSSR count). The van der Waals surface area contributed by atoms with E-state index in [9.17, 15) is 13.2 Å². The van der Waals surface area contributed by atoms with Crippen LogP contribution in [0, 0.1) is 11.8 Å². The summed E-state index contributed by atoms with van der Waals surface area (Å²) in [6, 6.07) is 6.73. The Balaban J connectivity index is 2.30. The van der Waals surface area contributed by atoms with Crippen molar-refractivity contribution in [1.29, 1.82) is 0 Å². The van der Waals surface area contributed by atoms with E-state index in [1.54, 1.807) is 24.3 Å². The lowest BCUT2D eigenvalue weighted by Crippen LogP contribution is -2.20. The van der Waals surface area contributed by atoms with Gasteiger partial charge in [0.2, 0.25) is 0 Å². The summed E-state index contributed by atoms with van der Waals surface area (Å²) in [5.41, 5.74) is -0.386. The van der Waals surface area contributed by atoms with Gasteiger partial charge in [-0.1, -0.05) is 27.7 Å². The molecule has 0 saturated heterocycles. The normalized spacial score (nSPS) is 11.8. The van der Waals surface area contributed by atoms with E-state index in [1.165, 1.54) is 11.9 Å². The second-order valence-electron chi connectivity index (χ2n) is 7.35. The van der Waals surface area contributed by atoms with Crippen LogP contribution in [0.1, 0.15) is 33.3 Å². The molecule has 0 fully saturated rings. The van der Waals surface area contributed by atoms with Gasteiger partial charge in [-0.05, 0) is 36.1 Å². The summed E-state index contributed by atoms with van der Waals surface area (Å²) in [4.78, 5) is 9.08. The summed E-state index contributed by atoms with van der Waals surface area (Å²) in [5, 5.41) is 0. The van der Waals surface area contributed by atoms with Crippen LogP contribution in [0.3, 0.4) is 0 Å². The molecule has 0 saturated carbocycles. The van der Waals surface area contributed by atoms with Crippen molar-refractivity contribution in [3.63, 3.8) is 0 Å². The number of benzene rings is 1. The largest absolute Gasteiger partial charge is 0.493 e. The van der Waals surface area contributed by atoms with Gasteiger partial charge in [0.25, 0.3) is 0 Å². The summed E-state index contributed by atoms with van der Waals surface area (Å²) < 4.78 is 51.3. The number of aromatic nitrogens is 2. The Kier molecular flexibility index (Phi) is 7.10. The van der Waals surface area contributed by atoms with Crippen molar-refractivity contribution in [3.05, 3.63) is 36.0 Å². The summed E-state index contributed by atoms with van der Waals surface area (Å²) in [6.45, 7) is 8.82. The molecule has 8 heteroatoms. The predicted molar refractivity (Wildman–Crippen MR) is 102 cm³/mol. The van der Waals surface area contributed by atoms with Crippen LogP contribution in [0.15, 0.2) is 30.5 Å². The molecule has 28 heavy (non-hydrogen) atoms. The minimum absolute atomic E-state index is 0.0829. The molecule has 0 aliphatic heterocycles. The monoisotopic (exact) mass is 397 g/mol. The Bertz CT molecular complexity index is 762. The van der Waals surface area contributed by atoms with Crippen LogP contribution in [0.2, 0.25) is 0 Å². The molecule has 154 valence electrons. The Morgan fingerprint density at radius 1 is 0.964 bits per heavy atom. The lowest BCUT2D eigenvalue weighted by molar-refractivity contribution is -0.137. The topological polar surface area (TPSA) is 47.5 Å².